The number of amides is 2. The number of fused-ring (bicyclic) bond motifs is 2. The summed E-state index contributed by atoms with van der Waals surface area (Å²) in [6.45, 7) is 2.00. The van der Waals surface area contributed by atoms with Gasteiger partial charge in [0.2, 0.25) is 0 Å². The van der Waals surface area contributed by atoms with Gasteiger partial charge in [-0.25, -0.2) is 0 Å². The van der Waals surface area contributed by atoms with Crippen molar-refractivity contribution >= 4 is 17.5 Å². The topological polar surface area (TPSA) is 65.5 Å². The van der Waals surface area contributed by atoms with E-state index < -0.39 is 0 Å². The van der Waals surface area contributed by atoms with Gasteiger partial charge in [-0.1, -0.05) is 36.4 Å². The van der Waals surface area contributed by atoms with Gasteiger partial charge in [-0.3, -0.25) is 19.5 Å². The maximum Gasteiger partial charge on any atom is 0.259 e. The van der Waals surface area contributed by atoms with Gasteiger partial charge in [0, 0.05) is 55.4 Å². The molecule has 2 aliphatic heterocycles. The zero-order valence-corrected chi connectivity index (χ0v) is 17.9. The molecule has 162 valence electrons. The number of carbonyl (C=O) groups excluding carboxylic acids is 2. The molecule has 1 N–H and O–H groups in total. The number of pyridine rings is 1. The molecule has 0 spiro atoms. The predicted molar refractivity (Wildman–Crippen MR) is 123 cm³/mol. The van der Waals surface area contributed by atoms with E-state index in [-0.39, 0.29) is 23.9 Å². The lowest BCUT2D eigenvalue weighted by Crippen LogP contribution is -2.45. The third-order valence-electron chi connectivity index (χ3n) is 6.49. The number of benzene rings is 2. The molecular formula is C26H26N4O2. The third-order valence-corrected chi connectivity index (χ3v) is 6.49. The molecule has 2 aliphatic rings. The lowest BCUT2D eigenvalue weighted by atomic mass is 10.1. The van der Waals surface area contributed by atoms with Crippen molar-refractivity contribution in [3.05, 3.63) is 95.8 Å². The molecule has 3 heterocycles. The standard InChI is InChI=1S/C26H26N4O2/c31-25(19-7-2-1-3-8-19)28-16-22-12-13-23-18-30(26(32)20-10-6-14-27-15-20)24-11-5-4-9-21(24)17-29(22)23/h1-11,14-15,22-23H,12-13,16-18H2,(H,28,31)/t22-,23-/m1/s1. The fourth-order valence-corrected chi connectivity index (χ4v) is 4.84. The quantitative estimate of drug-likeness (QED) is 0.694. The van der Waals surface area contributed by atoms with Crippen LogP contribution in [0.15, 0.2) is 79.1 Å². The highest BCUT2D eigenvalue weighted by atomic mass is 16.2. The molecule has 0 bridgehead atoms. The maximum atomic E-state index is 13.4. The average Bonchev–Trinajstić information content (AvgIpc) is 3.14. The number of aromatic nitrogens is 1. The van der Waals surface area contributed by atoms with E-state index in [4.69, 9.17) is 0 Å². The molecule has 1 saturated heterocycles. The molecule has 2 amide bonds. The van der Waals surface area contributed by atoms with Crippen LogP contribution in [0.4, 0.5) is 5.69 Å². The molecule has 1 aromatic heterocycles. The van der Waals surface area contributed by atoms with Crippen LogP contribution in [-0.4, -0.2) is 46.9 Å². The first-order valence-electron chi connectivity index (χ1n) is 11.1. The Balaban J connectivity index is 1.35. The second-order valence-corrected chi connectivity index (χ2v) is 8.42. The monoisotopic (exact) mass is 426 g/mol. The van der Waals surface area contributed by atoms with E-state index in [9.17, 15) is 9.59 Å². The first-order chi connectivity index (χ1) is 15.7. The number of para-hydroxylation sites is 1. The van der Waals surface area contributed by atoms with E-state index in [1.165, 1.54) is 0 Å². The van der Waals surface area contributed by atoms with Gasteiger partial charge in [0.1, 0.15) is 0 Å². The number of anilines is 1. The molecular weight excluding hydrogens is 400 g/mol. The number of nitrogens with zero attached hydrogens (tertiary/aromatic N) is 3. The van der Waals surface area contributed by atoms with Crippen molar-refractivity contribution < 1.29 is 9.59 Å². The van der Waals surface area contributed by atoms with Crippen molar-refractivity contribution in [1.29, 1.82) is 0 Å². The van der Waals surface area contributed by atoms with Crippen LogP contribution in [-0.2, 0) is 6.54 Å². The molecule has 6 nitrogen and oxygen atoms in total. The van der Waals surface area contributed by atoms with Crippen LogP contribution in [0, 0.1) is 0 Å². The van der Waals surface area contributed by atoms with Crippen molar-refractivity contribution in [2.45, 2.75) is 31.5 Å². The maximum absolute atomic E-state index is 13.4. The van der Waals surface area contributed by atoms with E-state index in [1.54, 1.807) is 18.5 Å². The summed E-state index contributed by atoms with van der Waals surface area (Å²) in [5, 5.41) is 3.11. The largest absolute Gasteiger partial charge is 0.350 e. The van der Waals surface area contributed by atoms with Crippen molar-refractivity contribution in [2.24, 2.45) is 0 Å². The van der Waals surface area contributed by atoms with Gasteiger partial charge in [-0.05, 0) is 48.7 Å². The predicted octanol–water partition coefficient (Wildman–Crippen LogP) is 3.51. The van der Waals surface area contributed by atoms with Crippen LogP contribution in [0.2, 0.25) is 0 Å². The Bertz CT molecular complexity index is 1100. The first-order valence-corrected chi connectivity index (χ1v) is 11.1. The summed E-state index contributed by atoms with van der Waals surface area (Å²) in [7, 11) is 0. The van der Waals surface area contributed by atoms with Crippen LogP contribution < -0.4 is 10.2 Å². The number of nitrogens with one attached hydrogen (secondary N) is 1. The summed E-state index contributed by atoms with van der Waals surface area (Å²) in [6.07, 6.45) is 5.30. The van der Waals surface area contributed by atoms with Gasteiger partial charge >= 0.3 is 0 Å². The van der Waals surface area contributed by atoms with Crippen LogP contribution in [0.1, 0.15) is 39.1 Å². The Hall–Kier alpha value is -3.51. The SMILES string of the molecule is O=C(NC[C@H]1CC[C@@H]2CN(C(=O)c3cccnc3)c3ccccc3CN12)c1ccccc1. The smallest absolute Gasteiger partial charge is 0.259 e. The lowest BCUT2D eigenvalue weighted by molar-refractivity contribution is 0.0934. The Labute approximate surface area is 187 Å². The molecule has 0 saturated carbocycles. The highest BCUT2D eigenvalue weighted by Crippen LogP contribution is 2.35. The van der Waals surface area contributed by atoms with Crippen LogP contribution >= 0.6 is 0 Å². The van der Waals surface area contributed by atoms with E-state index >= 15 is 0 Å². The Morgan fingerprint density at radius 3 is 2.53 bits per heavy atom. The van der Waals surface area contributed by atoms with E-state index in [2.05, 4.69) is 21.3 Å². The third kappa shape index (κ3) is 4.01. The second kappa shape index (κ2) is 8.93. The highest BCUT2D eigenvalue weighted by molar-refractivity contribution is 6.06. The van der Waals surface area contributed by atoms with Crippen molar-refractivity contribution in [2.75, 3.05) is 18.0 Å². The van der Waals surface area contributed by atoms with Gasteiger partial charge < -0.3 is 10.2 Å². The van der Waals surface area contributed by atoms with Gasteiger partial charge in [-0.2, -0.15) is 0 Å². The minimum Gasteiger partial charge on any atom is -0.350 e. The molecule has 2 atom stereocenters. The summed E-state index contributed by atoms with van der Waals surface area (Å²) in [6, 6.07) is 21.6. The number of hydrogen-bond acceptors (Lipinski definition) is 4. The minimum absolute atomic E-state index is 0.0202. The zero-order chi connectivity index (χ0) is 21.9. The number of carbonyl (C=O) groups is 2. The summed E-state index contributed by atoms with van der Waals surface area (Å²) < 4.78 is 0. The fraction of sp³-hybridized carbons (Fsp3) is 0.269. The lowest BCUT2D eigenvalue weighted by Gasteiger charge is -2.29. The molecule has 1 fully saturated rings. The molecule has 0 aliphatic carbocycles. The van der Waals surface area contributed by atoms with Crippen LogP contribution in [0.3, 0.4) is 0 Å². The Morgan fingerprint density at radius 1 is 0.938 bits per heavy atom. The second-order valence-electron chi connectivity index (χ2n) is 8.42. The molecule has 5 rings (SSSR count). The van der Waals surface area contributed by atoms with Crippen LogP contribution in [0.5, 0.6) is 0 Å². The average molecular weight is 427 g/mol. The Morgan fingerprint density at radius 2 is 1.72 bits per heavy atom. The molecule has 2 aromatic carbocycles. The van der Waals surface area contributed by atoms with Gasteiger partial charge in [0.25, 0.3) is 11.8 Å². The number of hydrogen-bond donors (Lipinski definition) is 1. The zero-order valence-electron chi connectivity index (χ0n) is 17.9. The van der Waals surface area contributed by atoms with E-state index in [0.717, 1.165) is 30.6 Å². The fourth-order valence-electron chi connectivity index (χ4n) is 4.84. The Kier molecular flexibility index (Phi) is 5.69. The minimum atomic E-state index is -0.0438. The normalized spacial score (nSPS) is 20.2. The molecule has 0 radical (unpaired) electrons. The van der Waals surface area contributed by atoms with Crippen molar-refractivity contribution in [1.82, 2.24) is 15.2 Å². The van der Waals surface area contributed by atoms with Gasteiger partial charge in [0.05, 0.1) is 5.56 Å². The van der Waals surface area contributed by atoms with E-state index in [0.29, 0.717) is 24.2 Å². The molecule has 6 heteroatoms. The van der Waals surface area contributed by atoms with Gasteiger partial charge in [-0.15, -0.1) is 0 Å². The van der Waals surface area contributed by atoms with Crippen LogP contribution in [0.25, 0.3) is 0 Å². The first kappa shape index (κ1) is 20.4. The summed E-state index contributed by atoms with van der Waals surface area (Å²) in [5.41, 5.74) is 3.37. The highest BCUT2D eigenvalue weighted by Gasteiger charge is 2.39. The molecule has 0 unspecified atom stereocenters. The molecule has 32 heavy (non-hydrogen) atoms. The molecule has 3 aromatic rings. The van der Waals surface area contributed by atoms with E-state index in [1.807, 2.05) is 59.5 Å². The summed E-state index contributed by atoms with van der Waals surface area (Å²) >= 11 is 0. The van der Waals surface area contributed by atoms with Gasteiger partial charge in [0.15, 0.2) is 0 Å². The van der Waals surface area contributed by atoms with Crippen molar-refractivity contribution in [3.8, 4) is 0 Å². The number of rotatable bonds is 4. The summed E-state index contributed by atoms with van der Waals surface area (Å²) in [5.74, 6) is -0.0640. The van der Waals surface area contributed by atoms with Crippen molar-refractivity contribution in [3.63, 3.8) is 0 Å². The summed E-state index contributed by atoms with van der Waals surface area (Å²) in [4.78, 5) is 34.4.